The molecule has 1 rings (SSSR count). The smallest absolute Gasteiger partial charge is 0.306 e. The van der Waals surface area contributed by atoms with Crippen LogP contribution in [-0.2, 0) is 16.1 Å². The molecule has 0 radical (unpaired) electrons. The van der Waals surface area contributed by atoms with E-state index in [1.807, 2.05) is 30.3 Å². The van der Waals surface area contributed by atoms with Gasteiger partial charge in [0.2, 0.25) is 0 Å². The molecule has 2 nitrogen and oxygen atoms in total. The fourth-order valence-electron chi connectivity index (χ4n) is 1.23. The minimum atomic E-state index is -0.104. The second-order valence-electron chi connectivity index (χ2n) is 3.86. The van der Waals surface area contributed by atoms with Gasteiger partial charge in [-0.1, -0.05) is 50.6 Å². The Kier molecular flexibility index (Phi) is 4.88. The highest BCUT2D eigenvalue weighted by atomic mass is 16.5. The molecule has 2 heteroatoms. The van der Waals surface area contributed by atoms with E-state index in [1.54, 1.807) is 0 Å². The van der Waals surface area contributed by atoms with E-state index in [9.17, 15) is 4.79 Å². The van der Waals surface area contributed by atoms with Crippen molar-refractivity contribution in [1.29, 1.82) is 0 Å². The summed E-state index contributed by atoms with van der Waals surface area (Å²) < 4.78 is 5.16. The van der Waals surface area contributed by atoms with Gasteiger partial charge in [0.05, 0.1) is 0 Å². The van der Waals surface area contributed by atoms with Gasteiger partial charge in [-0.05, 0) is 11.5 Å². The Morgan fingerprint density at radius 1 is 1.33 bits per heavy atom. The quantitative estimate of drug-likeness (QED) is 0.692. The van der Waals surface area contributed by atoms with Crippen LogP contribution in [0.4, 0.5) is 0 Å². The molecular formula is C13H18O2. The van der Waals surface area contributed by atoms with E-state index in [0.717, 1.165) is 12.0 Å². The van der Waals surface area contributed by atoms with Crippen LogP contribution in [0.15, 0.2) is 30.3 Å². The second-order valence-corrected chi connectivity index (χ2v) is 3.86. The van der Waals surface area contributed by atoms with E-state index in [4.69, 9.17) is 4.74 Å². The van der Waals surface area contributed by atoms with Gasteiger partial charge in [-0.15, -0.1) is 0 Å². The Bertz CT molecular complexity index is 293. The van der Waals surface area contributed by atoms with Crippen LogP contribution in [0.1, 0.15) is 32.3 Å². The third-order valence-electron chi connectivity index (χ3n) is 2.45. The van der Waals surface area contributed by atoms with Gasteiger partial charge < -0.3 is 4.74 Å². The van der Waals surface area contributed by atoms with Gasteiger partial charge in [0, 0.05) is 6.42 Å². The summed E-state index contributed by atoms with van der Waals surface area (Å²) >= 11 is 0. The van der Waals surface area contributed by atoms with E-state index in [2.05, 4.69) is 13.8 Å². The van der Waals surface area contributed by atoms with Gasteiger partial charge in [0.1, 0.15) is 6.61 Å². The van der Waals surface area contributed by atoms with Gasteiger partial charge in [0.15, 0.2) is 0 Å². The van der Waals surface area contributed by atoms with Crippen LogP contribution in [0.3, 0.4) is 0 Å². The number of carbonyl (C=O) groups is 1. The first-order valence-corrected chi connectivity index (χ1v) is 5.42. The van der Waals surface area contributed by atoms with Gasteiger partial charge in [-0.3, -0.25) is 4.79 Å². The lowest BCUT2D eigenvalue weighted by Crippen LogP contribution is -2.08. The summed E-state index contributed by atoms with van der Waals surface area (Å²) in [6.07, 6.45) is 1.53. The third-order valence-corrected chi connectivity index (χ3v) is 2.45. The number of esters is 1. The van der Waals surface area contributed by atoms with Gasteiger partial charge in [0.25, 0.3) is 0 Å². The molecule has 0 aliphatic heterocycles. The summed E-state index contributed by atoms with van der Waals surface area (Å²) in [5.74, 6) is 0.307. The molecule has 82 valence electrons. The molecule has 0 amide bonds. The van der Waals surface area contributed by atoms with Crippen molar-refractivity contribution in [2.24, 2.45) is 5.92 Å². The predicted molar refractivity (Wildman–Crippen MR) is 60.3 cm³/mol. The van der Waals surface area contributed by atoms with Crippen LogP contribution in [0.25, 0.3) is 0 Å². The maximum Gasteiger partial charge on any atom is 0.306 e. The number of hydrogen-bond acceptors (Lipinski definition) is 2. The lowest BCUT2D eigenvalue weighted by molar-refractivity contribution is -0.146. The first-order valence-electron chi connectivity index (χ1n) is 5.42. The molecule has 1 atom stereocenters. The van der Waals surface area contributed by atoms with Crippen molar-refractivity contribution >= 4 is 5.97 Å². The van der Waals surface area contributed by atoms with E-state index < -0.39 is 0 Å². The van der Waals surface area contributed by atoms with Crippen LogP contribution >= 0.6 is 0 Å². The van der Waals surface area contributed by atoms with Crippen LogP contribution in [-0.4, -0.2) is 5.97 Å². The Labute approximate surface area is 91.3 Å². The lowest BCUT2D eigenvalue weighted by Gasteiger charge is -2.08. The molecule has 0 unspecified atom stereocenters. The summed E-state index contributed by atoms with van der Waals surface area (Å²) in [6.45, 7) is 4.52. The highest BCUT2D eigenvalue weighted by Gasteiger charge is 2.08. The Balaban J connectivity index is 2.29. The summed E-state index contributed by atoms with van der Waals surface area (Å²) in [4.78, 5) is 11.4. The summed E-state index contributed by atoms with van der Waals surface area (Å²) in [5, 5.41) is 0. The zero-order valence-corrected chi connectivity index (χ0v) is 9.40. The molecule has 0 saturated carbocycles. The fourth-order valence-corrected chi connectivity index (χ4v) is 1.23. The topological polar surface area (TPSA) is 26.3 Å². The zero-order chi connectivity index (χ0) is 11.1. The normalized spacial score (nSPS) is 12.1. The number of rotatable bonds is 5. The third kappa shape index (κ3) is 4.63. The molecule has 0 aliphatic carbocycles. The first-order chi connectivity index (χ1) is 7.22. The predicted octanol–water partition coefficient (Wildman–Crippen LogP) is 3.17. The van der Waals surface area contributed by atoms with Gasteiger partial charge in [-0.25, -0.2) is 0 Å². The molecule has 0 aliphatic rings. The molecule has 0 aromatic heterocycles. The highest BCUT2D eigenvalue weighted by Crippen LogP contribution is 2.09. The number of ether oxygens (including phenoxy) is 1. The van der Waals surface area contributed by atoms with E-state index in [-0.39, 0.29) is 5.97 Å². The molecule has 0 spiro atoms. The average molecular weight is 206 g/mol. The van der Waals surface area contributed by atoms with E-state index in [1.165, 1.54) is 0 Å². The largest absolute Gasteiger partial charge is 0.461 e. The summed E-state index contributed by atoms with van der Waals surface area (Å²) in [5.41, 5.74) is 1.04. The zero-order valence-electron chi connectivity index (χ0n) is 9.40. The van der Waals surface area contributed by atoms with Crippen LogP contribution in [0, 0.1) is 5.92 Å². The molecule has 0 N–H and O–H groups in total. The van der Waals surface area contributed by atoms with Gasteiger partial charge >= 0.3 is 5.97 Å². The number of carbonyl (C=O) groups excluding carboxylic acids is 1. The molecule has 0 bridgehead atoms. The molecular weight excluding hydrogens is 188 g/mol. The molecule has 1 aromatic rings. The lowest BCUT2D eigenvalue weighted by atomic mass is 10.1. The minimum absolute atomic E-state index is 0.104. The SMILES string of the molecule is CC[C@@H](C)CC(=O)OCc1ccccc1. The van der Waals surface area contributed by atoms with Gasteiger partial charge in [-0.2, -0.15) is 0 Å². The molecule has 1 aromatic carbocycles. The number of benzene rings is 1. The maximum absolute atomic E-state index is 11.4. The maximum atomic E-state index is 11.4. The standard InChI is InChI=1S/C13H18O2/c1-3-11(2)9-13(14)15-10-12-7-5-4-6-8-12/h4-8,11H,3,9-10H2,1-2H3/t11-/m1/s1. The first kappa shape index (κ1) is 11.8. The minimum Gasteiger partial charge on any atom is -0.461 e. The summed E-state index contributed by atoms with van der Waals surface area (Å²) in [6, 6.07) is 9.74. The van der Waals surface area contributed by atoms with Crippen molar-refractivity contribution in [2.45, 2.75) is 33.3 Å². The van der Waals surface area contributed by atoms with Crippen LogP contribution in [0.5, 0.6) is 0 Å². The van der Waals surface area contributed by atoms with Crippen molar-refractivity contribution in [3.63, 3.8) is 0 Å². The van der Waals surface area contributed by atoms with Crippen LogP contribution in [0.2, 0.25) is 0 Å². The van der Waals surface area contributed by atoms with Crippen LogP contribution < -0.4 is 0 Å². The van der Waals surface area contributed by atoms with Crippen molar-refractivity contribution in [1.82, 2.24) is 0 Å². The number of hydrogen-bond donors (Lipinski definition) is 0. The molecule has 0 saturated heterocycles. The fraction of sp³-hybridized carbons (Fsp3) is 0.462. The molecule has 0 heterocycles. The van der Waals surface area contributed by atoms with E-state index in [0.29, 0.717) is 18.9 Å². The molecule has 0 fully saturated rings. The monoisotopic (exact) mass is 206 g/mol. The Morgan fingerprint density at radius 3 is 2.60 bits per heavy atom. The second kappa shape index (κ2) is 6.23. The van der Waals surface area contributed by atoms with Crippen molar-refractivity contribution in [2.75, 3.05) is 0 Å². The summed E-state index contributed by atoms with van der Waals surface area (Å²) in [7, 11) is 0. The van der Waals surface area contributed by atoms with Crippen molar-refractivity contribution in [3.8, 4) is 0 Å². The van der Waals surface area contributed by atoms with Crippen molar-refractivity contribution < 1.29 is 9.53 Å². The average Bonchev–Trinajstić information content (AvgIpc) is 2.27. The Morgan fingerprint density at radius 2 is 2.00 bits per heavy atom. The van der Waals surface area contributed by atoms with E-state index >= 15 is 0 Å². The highest BCUT2D eigenvalue weighted by molar-refractivity contribution is 5.69. The Hall–Kier alpha value is -1.31. The molecule has 15 heavy (non-hydrogen) atoms. The van der Waals surface area contributed by atoms with Crippen molar-refractivity contribution in [3.05, 3.63) is 35.9 Å².